The SMILES string of the molecule is CN1C(=O)CC2C1C[C@@H](O)[C@@H]1[C@H](O)[C@H](O)CN21.CN1C(=O)CC2CC[C@@H](O)[C@@H]3[C@H](O)[C@H](O)C1N23.CN1C(=O)CC2[C@@H](O)[C@@H](O)[C@H]3[C@H](O)CCC1N23.CN1C(=O)CCC2C[C@@H](O)[C@@H]3[C@H](O)[C@H](O)CN3C21. The molecule has 12 fully saturated rings. The van der Waals surface area contributed by atoms with E-state index in [2.05, 4.69) is 0 Å². The minimum atomic E-state index is -0.996. The molecule has 0 radical (unpaired) electrons. The monoisotopic (exact) mass is 983 g/mol. The van der Waals surface area contributed by atoms with Crippen LogP contribution in [0.25, 0.3) is 0 Å². The van der Waals surface area contributed by atoms with Gasteiger partial charge in [0.15, 0.2) is 0 Å². The number of rotatable bonds is 0. The fraction of sp³-hybridized carbons (Fsp3) is 0.911. The number of piperidine rings is 5. The molecule has 12 heterocycles. The molecule has 0 aromatic rings. The third-order valence-corrected chi connectivity index (χ3v) is 18.3. The predicted molar refractivity (Wildman–Crippen MR) is 236 cm³/mol. The van der Waals surface area contributed by atoms with Crippen molar-refractivity contribution in [2.75, 3.05) is 41.3 Å². The Labute approximate surface area is 400 Å². The van der Waals surface area contributed by atoms with Gasteiger partial charge in [-0.25, -0.2) is 0 Å². The van der Waals surface area contributed by atoms with Crippen LogP contribution in [0.15, 0.2) is 0 Å². The van der Waals surface area contributed by atoms with Crippen LogP contribution in [0.5, 0.6) is 0 Å². The van der Waals surface area contributed by atoms with Crippen molar-refractivity contribution >= 4 is 23.6 Å². The first-order valence-corrected chi connectivity index (χ1v) is 24.8. The van der Waals surface area contributed by atoms with Crippen LogP contribution in [0.3, 0.4) is 0 Å². The lowest BCUT2D eigenvalue weighted by molar-refractivity contribution is -0.158. The number of hydrogen-bond donors (Lipinski definition) is 12. The molecule has 12 rings (SSSR count). The second kappa shape index (κ2) is 19.3. The average Bonchev–Trinajstić information content (AvgIpc) is 4.04. The topological polar surface area (TPSA) is 337 Å². The summed E-state index contributed by atoms with van der Waals surface area (Å²) >= 11 is 0. The molecule has 24 heteroatoms. The first-order valence-electron chi connectivity index (χ1n) is 24.8. The zero-order valence-electron chi connectivity index (χ0n) is 39.6. The van der Waals surface area contributed by atoms with Crippen molar-refractivity contribution < 1.29 is 80.5 Å². The highest BCUT2D eigenvalue weighted by atomic mass is 16.4. The molecule has 4 amide bonds. The van der Waals surface area contributed by atoms with Crippen molar-refractivity contribution in [1.82, 2.24) is 39.2 Å². The molecule has 0 saturated carbocycles. The van der Waals surface area contributed by atoms with Crippen LogP contribution in [-0.4, -0.2) is 305 Å². The third-order valence-electron chi connectivity index (χ3n) is 18.3. The zero-order chi connectivity index (χ0) is 50.0. The average molecular weight is 983 g/mol. The van der Waals surface area contributed by atoms with E-state index in [0.717, 1.165) is 12.8 Å². The highest BCUT2D eigenvalue weighted by molar-refractivity contribution is 5.80. The molecular weight excluding hydrogens is 909 g/mol. The third kappa shape index (κ3) is 8.40. The van der Waals surface area contributed by atoms with E-state index in [1.54, 1.807) is 42.9 Å². The van der Waals surface area contributed by atoms with E-state index >= 15 is 0 Å². The lowest BCUT2D eigenvalue weighted by Gasteiger charge is -2.51. The van der Waals surface area contributed by atoms with Crippen LogP contribution in [0.1, 0.15) is 70.6 Å². The van der Waals surface area contributed by atoms with Gasteiger partial charge < -0.3 is 80.9 Å². The van der Waals surface area contributed by atoms with Crippen molar-refractivity contribution in [2.45, 2.75) is 211 Å². The molecule has 0 aromatic heterocycles. The Morgan fingerprint density at radius 3 is 1.58 bits per heavy atom. The molecule has 24 nitrogen and oxygen atoms in total. The molecule has 12 aliphatic rings. The molecular formula is C45H74N8O16. The van der Waals surface area contributed by atoms with Gasteiger partial charge >= 0.3 is 0 Å². The standard InChI is InChI=1S/C12H20N2O4.3C11H18N2O4/c1-13-9(17)3-2-6-4-7(15)10-11(18)8(16)5-14(10)12(6)13;1-12-5-2-7(14)10-11(17)8(15)4-13(10)6(5)3-9(12)16;1-12-7-3-2-6(14)9-11(17)10(16)5(13(7)9)4-8(12)15;1-12-7(15)4-5-2-3-6(14)8-9(16)10(17)11(12)13(5)8/h6-8,10-12,15-16,18H,2-5H2,1H3;5-8,10-11,14-15,17H,2-4H2,1H3;5-7,9-11,14,16-17H,2-4H2,1H3;5-6,8-11,14,16-17H,2-4H2,1H3/t6?,7-,8-,10-,11-,12?;5?,6?,7-,8-,10-,11-;5?,6-,7?,9-,10-,11+;5?,6-,8-,9+,10+,11?/m1111/s1. The number of nitrogens with zero attached hydrogens (tertiary/aromatic N) is 8. The van der Waals surface area contributed by atoms with E-state index in [-0.39, 0.29) is 72.5 Å². The summed E-state index contributed by atoms with van der Waals surface area (Å²) in [7, 11) is 6.91. The fourth-order valence-electron chi connectivity index (χ4n) is 14.7. The molecule has 0 aromatic carbocycles. The van der Waals surface area contributed by atoms with E-state index < -0.39 is 104 Å². The van der Waals surface area contributed by atoms with Gasteiger partial charge in [-0.3, -0.25) is 38.8 Å². The lowest BCUT2D eigenvalue weighted by atomic mass is 9.81. The van der Waals surface area contributed by atoms with Gasteiger partial charge in [0, 0.05) is 91.1 Å². The maximum atomic E-state index is 11.8. The summed E-state index contributed by atoms with van der Waals surface area (Å²) in [6, 6.07) is -2.03. The molecule has 12 N–H and O–H groups in total. The summed E-state index contributed by atoms with van der Waals surface area (Å²) in [5.74, 6) is 0.404. The van der Waals surface area contributed by atoms with E-state index in [9.17, 15) is 80.5 Å². The largest absolute Gasteiger partial charge is 0.391 e. The number of fused-ring (bicyclic) bond motifs is 6. The van der Waals surface area contributed by atoms with Crippen molar-refractivity contribution in [3.8, 4) is 0 Å². The number of carbonyl (C=O) groups excluding carboxylic acids is 4. The molecule has 0 spiro atoms. The first-order chi connectivity index (χ1) is 32.5. The van der Waals surface area contributed by atoms with Gasteiger partial charge in [0.1, 0.15) is 18.4 Å². The van der Waals surface area contributed by atoms with Gasteiger partial charge in [-0.05, 0) is 50.9 Å². The maximum Gasteiger partial charge on any atom is 0.225 e. The summed E-state index contributed by atoms with van der Waals surface area (Å²) in [6.07, 6.45) is -4.61. The van der Waals surface area contributed by atoms with E-state index in [4.69, 9.17) is 0 Å². The Morgan fingerprint density at radius 1 is 0.391 bits per heavy atom. The first kappa shape index (κ1) is 51.2. The number of likely N-dealkylation sites (tertiary alicyclic amines) is 2. The summed E-state index contributed by atoms with van der Waals surface area (Å²) in [5, 5.41) is 119. The summed E-state index contributed by atoms with van der Waals surface area (Å²) < 4.78 is 0. The summed E-state index contributed by atoms with van der Waals surface area (Å²) in [4.78, 5) is 61.3. The van der Waals surface area contributed by atoms with Gasteiger partial charge in [0.2, 0.25) is 23.6 Å². The van der Waals surface area contributed by atoms with Crippen molar-refractivity contribution in [1.29, 1.82) is 0 Å². The smallest absolute Gasteiger partial charge is 0.225 e. The molecule has 0 aliphatic carbocycles. The molecule has 390 valence electrons. The van der Waals surface area contributed by atoms with Crippen molar-refractivity contribution in [2.24, 2.45) is 5.92 Å². The highest BCUT2D eigenvalue weighted by Crippen LogP contribution is 2.44. The predicted octanol–water partition coefficient (Wildman–Crippen LogP) is -7.68. The van der Waals surface area contributed by atoms with Crippen LogP contribution in [0.2, 0.25) is 0 Å². The number of amides is 4. The van der Waals surface area contributed by atoms with Crippen molar-refractivity contribution in [3.63, 3.8) is 0 Å². The zero-order valence-corrected chi connectivity index (χ0v) is 39.6. The minimum Gasteiger partial charge on any atom is -0.391 e. The lowest BCUT2D eigenvalue weighted by Crippen LogP contribution is -2.64. The Morgan fingerprint density at radius 2 is 0.913 bits per heavy atom. The van der Waals surface area contributed by atoms with E-state index in [0.29, 0.717) is 64.5 Å². The van der Waals surface area contributed by atoms with Crippen LogP contribution in [0, 0.1) is 5.92 Å². The van der Waals surface area contributed by atoms with Crippen LogP contribution in [0.4, 0.5) is 0 Å². The van der Waals surface area contributed by atoms with Gasteiger partial charge in [-0.1, -0.05) is 0 Å². The Hall–Kier alpha value is -2.76. The quantitative estimate of drug-likeness (QED) is 0.107. The normalized spacial score (nSPS) is 50.2. The van der Waals surface area contributed by atoms with Crippen LogP contribution in [-0.2, 0) is 19.2 Å². The molecule has 0 bridgehead atoms. The molecule has 24 atom stereocenters. The Bertz CT molecular complexity index is 1940. The number of carbonyl (C=O) groups is 4. The van der Waals surface area contributed by atoms with Gasteiger partial charge in [0.05, 0.1) is 97.5 Å². The number of likely N-dealkylation sites (N-methyl/N-ethyl adjacent to an activating group) is 2. The number of aliphatic hydroxyl groups is 12. The van der Waals surface area contributed by atoms with Gasteiger partial charge in [-0.2, -0.15) is 0 Å². The summed E-state index contributed by atoms with van der Waals surface area (Å²) in [6.45, 7) is 0.660. The Kier molecular flexibility index (Phi) is 14.3. The number of aliphatic hydroxyl groups excluding tert-OH is 12. The fourth-order valence-corrected chi connectivity index (χ4v) is 14.7. The maximum absolute atomic E-state index is 11.8. The van der Waals surface area contributed by atoms with Crippen LogP contribution < -0.4 is 0 Å². The number of hydrogen-bond acceptors (Lipinski definition) is 20. The molecule has 12 aliphatic heterocycles. The van der Waals surface area contributed by atoms with Gasteiger partial charge in [0.25, 0.3) is 0 Å². The van der Waals surface area contributed by atoms with Crippen molar-refractivity contribution in [3.05, 3.63) is 0 Å². The van der Waals surface area contributed by atoms with E-state index in [1.807, 2.05) is 19.6 Å². The Balaban J connectivity index is 0.000000115. The second-order valence-corrected chi connectivity index (χ2v) is 21.8. The highest BCUT2D eigenvalue weighted by Gasteiger charge is 2.61. The molecule has 12 saturated heterocycles. The van der Waals surface area contributed by atoms with E-state index in [1.165, 1.54) is 4.90 Å². The van der Waals surface area contributed by atoms with Gasteiger partial charge in [-0.15, -0.1) is 0 Å². The molecule has 8 unspecified atom stereocenters. The van der Waals surface area contributed by atoms with Crippen LogP contribution >= 0.6 is 0 Å². The molecule has 69 heavy (non-hydrogen) atoms. The minimum absolute atomic E-state index is 0.000426. The summed E-state index contributed by atoms with van der Waals surface area (Å²) in [5.41, 5.74) is 0. The second-order valence-electron chi connectivity index (χ2n) is 21.8.